The molecule has 0 fully saturated rings. The molecule has 4 nitrogen and oxygen atoms in total. The molecule has 0 atom stereocenters. The SMILES string of the molecule is CCN(CC)CCc1cn(C(C)=O)c2ccc(Br)c[n+]12. The molecule has 20 heavy (non-hydrogen) atoms. The van der Waals surface area contributed by atoms with Crippen LogP contribution in [0.3, 0.4) is 0 Å². The number of aromatic nitrogens is 2. The van der Waals surface area contributed by atoms with E-state index in [1.807, 2.05) is 24.5 Å². The average Bonchev–Trinajstić information content (AvgIpc) is 2.78. The number of imidazole rings is 1. The summed E-state index contributed by atoms with van der Waals surface area (Å²) in [6, 6.07) is 3.93. The highest BCUT2D eigenvalue weighted by Crippen LogP contribution is 2.11. The van der Waals surface area contributed by atoms with Crippen LogP contribution >= 0.6 is 15.9 Å². The summed E-state index contributed by atoms with van der Waals surface area (Å²) in [5.41, 5.74) is 2.07. The largest absolute Gasteiger partial charge is 0.311 e. The van der Waals surface area contributed by atoms with Crippen molar-refractivity contribution in [1.29, 1.82) is 0 Å². The lowest BCUT2D eigenvalue weighted by Crippen LogP contribution is -2.30. The van der Waals surface area contributed by atoms with Gasteiger partial charge in [-0.3, -0.25) is 0 Å². The van der Waals surface area contributed by atoms with Gasteiger partial charge in [-0.2, -0.15) is 8.97 Å². The fraction of sp³-hybridized carbons (Fsp3) is 0.467. The van der Waals surface area contributed by atoms with Crippen LogP contribution in [-0.2, 0) is 6.42 Å². The zero-order valence-corrected chi connectivity index (χ0v) is 13.9. The number of hydrogen-bond donors (Lipinski definition) is 0. The first-order valence-corrected chi connectivity index (χ1v) is 7.80. The highest BCUT2D eigenvalue weighted by Gasteiger charge is 2.19. The number of fused-ring (bicyclic) bond motifs is 1. The topological polar surface area (TPSA) is 29.3 Å². The Morgan fingerprint density at radius 3 is 2.65 bits per heavy atom. The molecular weight excluding hydrogens is 318 g/mol. The summed E-state index contributed by atoms with van der Waals surface area (Å²) in [7, 11) is 0. The van der Waals surface area contributed by atoms with Crippen LogP contribution in [0, 0.1) is 0 Å². The standard InChI is InChI=1S/C15H21BrN3O/c1-4-17(5-2)9-8-14-11-18(12(3)20)15-7-6-13(16)10-19(14)15/h6-7,10-11H,4-5,8-9H2,1-3H3/q+1. The molecule has 0 bridgehead atoms. The molecule has 0 aliphatic carbocycles. The predicted octanol–water partition coefficient (Wildman–Crippen LogP) is 2.53. The summed E-state index contributed by atoms with van der Waals surface area (Å²) in [6.07, 6.45) is 4.90. The number of carbonyl (C=O) groups is 1. The molecule has 0 aromatic carbocycles. The number of halogens is 1. The molecule has 0 saturated carbocycles. The first kappa shape index (κ1) is 15.2. The van der Waals surface area contributed by atoms with Crippen LogP contribution in [0.5, 0.6) is 0 Å². The fourth-order valence-electron chi connectivity index (χ4n) is 2.42. The van der Waals surface area contributed by atoms with E-state index in [-0.39, 0.29) is 5.91 Å². The Hall–Kier alpha value is -1.20. The quantitative estimate of drug-likeness (QED) is 0.784. The van der Waals surface area contributed by atoms with Crippen LogP contribution in [0.1, 0.15) is 31.3 Å². The molecule has 0 saturated heterocycles. The normalized spacial score (nSPS) is 11.4. The minimum Gasteiger partial charge on any atom is -0.303 e. The van der Waals surface area contributed by atoms with Crippen molar-refractivity contribution < 1.29 is 9.20 Å². The zero-order chi connectivity index (χ0) is 14.7. The van der Waals surface area contributed by atoms with Crippen molar-refractivity contribution in [3.63, 3.8) is 0 Å². The van der Waals surface area contributed by atoms with Gasteiger partial charge in [0, 0.05) is 26.0 Å². The molecule has 2 aromatic heterocycles. The van der Waals surface area contributed by atoms with Gasteiger partial charge in [0.2, 0.25) is 0 Å². The second-order valence-electron chi connectivity index (χ2n) is 4.86. The summed E-state index contributed by atoms with van der Waals surface area (Å²) in [6.45, 7) is 9.05. The monoisotopic (exact) mass is 338 g/mol. The van der Waals surface area contributed by atoms with E-state index in [4.69, 9.17) is 0 Å². The van der Waals surface area contributed by atoms with E-state index in [0.29, 0.717) is 0 Å². The Balaban J connectivity index is 2.37. The van der Waals surface area contributed by atoms with Crippen molar-refractivity contribution in [3.05, 3.63) is 34.7 Å². The van der Waals surface area contributed by atoms with Crippen LogP contribution in [0.25, 0.3) is 5.65 Å². The van der Waals surface area contributed by atoms with Gasteiger partial charge in [0.1, 0.15) is 18.1 Å². The van der Waals surface area contributed by atoms with E-state index in [1.54, 1.807) is 11.5 Å². The van der Waals surface area contributed by atoms with Crippen molar-refractivity contribution in [1.82, 2.24) is 9.47 Å². The molecule has 2 aromatic rings. The Morgan fingerprint density at radius 1 is 1.35 bits per heavy atom. The molecule has 2 rings (SSSR count). The second-order valence-corrected chi connectivity index (χ2v) is 5.78. The number of nitrogens with zero attached hydrogens (tertiary/aromatic N) is 3. The lowest BCUT2D eigenvalue weighted by atomic mass is 10.3. The maximum Gasteiger partial charge on any atom is 0.311 e. The van der Waals surface area contributed by atoms with Crippen molar-refractivity contribution in [2.24, 2.45) is 0 Å². The Labute approximate surface area is 128 Å². The van der Waals surface area contributed by atoms with Gasteiger partial charge < -0.3 is 4.90 Å². The number of hydrogen-bond acceptors (Lipinski definition) is 2. The van der Waals surface area contributed by atoms with Crippen LogP contribution in [0.2, 0.25) is 0 Å². The first-order valence-electron chi connectivity index (χ1n) is 7.01. The molecule has 0 unspecified atom stereocenters. The summed E-state index contributed by atoms with van der Waals surface area (Å²) < 4.78 is 4.82. The first-order chi connectivity index (χ1) is 9.56. The van der Waals surface area contributed by atoms with Gasteiger partial charge in [0.15, 0.2) is 0 Å². The van der Waals surface area contributed by atoms with Crippen LogP contribution in [0.4, 0.5) is 0 Å². The molecule has 0 N–H and O–H groups in total. The minimum atomic E-state index is 0.0407. The lowest BCUT2D eigenvalue weighted by molar-refractivity contribution is -0.520. The van der Waals surface area contributed by atoms with Crippen LogP contribution in [-0.4, -0.2) is 35.0 Å². The molecule has 0 amide bonds. The van der Waals surface area contributed by atoms with Gasteiger partial charge in [-0.15, -0.1) is 0 Å². The number of carbonyl (C=O) groups excluding carboxylic acids is 1. The second kappa shape index (κ2) is 6.50. The molecule has 0 aliphatic heterocycles. The molecule has 0 spiro atoms. The van der Waals surface area contributed by atoms with Gasteiger partial charge in [0.25, 0.3) is 5.65 Å². The maximum absolute atomic E-state index is 11.7. The van der Waals surface area contributed by atoms with E-state index in [1.165, 1.54) is 0 Å². The fourth-order valence-corrected chi connectivity index (χ4v) is 2.76. The van der Waals surface area contributed by atoms with Gasteiger partial charge in [-0.1, -0.05) is 13.8 Å². The van der Waals surface area contributed by atoms with Gasteiger partial charge >= 0.3 is 5.91 Å². The van der Waals surface area contributed by atoms with E-state index in [9.17, 15) is 4.79 Å². The van der Waals surface area contributed by atoms with Crippen molar-refractivity contribution in [3.8, 4) is 0 Å². The molecule has 2 heterocycles. The number of rotatable bonds is 5. The van der Waals surface area contributed by atoms with E-state index in [0.717, 1.165) is 41.9 Å². The number of likely N-dealkylation sites (N-methyl/N-ethyl adjacent to an activating group) is 1. The van der Waals surface area contributed by atoms with Crippen molar-refractivity contribution in [2.45, 2.75) is 27.2 Å². The van der Waals surface area contributed by atoms with Crippen molar-refractivity contribution >= 4 is 27.5 Å². The average molecular weight is 339 g/mol. The smallest absolute Gasteiger partial charge is 0.303 e. The highest BCUT2D eigenvalue weighted by atomic mass is 79.9. The lowest BCUT2D eigenvalue weighted by Gasteiger charge is -2.16. The van der Waals surface area contributed by atoms with E-state index < -0.39 is 0 Å². The summed E-state index contributed by atoms with van der Waals surface area (Å²) in [4.78, 5) is 14.1. The summed E-state index contributed by atoms with van der Waals surface area (Å²) in [5, 5.41) is 0. The Bertz CT molecular complexity index is 617. The summed E-state index contributed by atoms with van der Waals surface area (Å²) >= 11 is 3.49. The Morgan fingerprint density at radius 2 is 2.05 bits per heavy atom. The molecule has 5 heteroatoms. The van der Waals surface area contributed by atoms with Gasteiger partial charge in [-0.25, -0.2) is 4.79 Å². The van der Waals surface area contributed by atoms with Gasteiger partial charge in [0.05, 0.1) is 4.47 Å². The molecule has 0 aliphatic rings. The third-order valence-electron chi connectivity index (χ3n) is 3.64. The molecular formula is C15H21BrN3O+. The van der Waals surface area contributed by atoms with Crippen LogP contribution in [0.15, 0.2) is 29.0 Å². The van der Waals surface area contributed by atoms with Crippen LogP contribution < -0.4 is 4.40 Å². The third kappa shape index (κ3) is 3.10. The Kier molecular flexibility index (Phi) is 4.94. The van der Waals surface area contributed by atoms with E-state index in [2.05, 4.69) is 39.1 Å². The number of pyridine rings is 1. The van der Waals surface area contributed by atoms with Gasteiger partial charge in [-0.05, 0) is 35.1 Å². The summed E-state index contributed by atoms with van der Waals surface area (Å²) in [5.74, 6) is 0.0407. The highest BCUT2D eigenvalue weighted by molar-refractivity contribution is 9.10. The van der Waals surface area contributed by atoms with Crippen molar-refractivity contribution in [2.75, 3.05) is 19.6 Å². The predicted molar refractivity (Wildman–Crippen MR) is 83.1 cm³/mol. The molecule has 0 radical (unpaired) electrons. The maximum atomic E-state index is 11.7. The minimum absolute atomic E-state index is 0.0407. The third-order valence-corrected chi connectivity index (χ3v) is 4.11. The molecule has 108 valence electrons. The van der Waals surface area contributed by atoms with E-state index >= 15 is 0 Å². The zero-order valence-electron chi connectivity index (χ0n) is 12.3.